The molecule has 2 aromatic rings. The minimum absolute atomic E-state index is 0.0858. The van der Waals surface area contributed by atoms with Gasteiger partial charge < -0.3 is 5.32 Å². The number of hydrogen-bond acceptors (Lipinski definition) is 1. The lowest BCUT2D eigenvalue weighted by Crippen LogP contribution is -2.33. The number of rotatable bonds is 6. The van der Waals surface area contributed by atoms with Crippen LogP contribution in [0, 0.1) is 11.7 Å². The molecule has 1 saturated carbocycles. The van der Waals surface area contributed by atoms with E-state index < -0.39 is 0 Å². The fourth-order valence-electron chi connectivity index (χ4n) is 3.28. The zero-order chi connectivity index (χ0) is 14.7. The normalized spacial score (nSPS) is 22.0. The van der Waals surface area contributed by atoms with Crippen molar-refractivity contribution in [2.24, 2.45) is 5.92 Å². The number of halogens is 1. The largest absolute Gasteiger partial charge is 0.314 e. The van der Waals surface area contributed by atoms with E-state index in [-0.39, 0.29) is 5.82 Å². The Morgan fingerprint density at radius 3 is 2.52 bits per heavy atom. The summed E-state index contributed by atoms with van der Waals surface area (Å²) in [7, 11) is 0. The summed E-state index contributed by atoms with van der Waals surface area (Å²) in [6, 6.07) is 18.2. The Bertz CT molecular complexity index is 581. The van der Waals surface area contributed by atoms with Gasteiger partial charge in [0.25, 0.3) is 0 Å². The number of likely N-dealkylation sites (N-methyl/N-ethyl adjacent to an activating group) is 1. The van der Waals surface area contributed by atoms with E-state index in [2.05, 4.69) is 42.6 Å². The molecule has 3 rings (SSSR count). The van der Waals surface area contributed by atoms with Gasteiger partial charge in [0.15, 0.2) is 0 Å². The maximum absolute atomic E-state index is 13.9. The molecule has 1 fully saturated rings. The molecule has 1 aliphatic carbocycles. The molecule has 0 saturated heterocycles. The second-order valence-electron chi connectivity index (χ2n) is 5.88. The van der Waals surface area contributed by atoms with Gasteiger partial charge in [0.1, 0.15) is 5.82 Å². The highest BCUT2D eigenvalue weighted by atomic mass is 19.1. The van der Waals surface area contributed by atoms with Crippen LogP contribution in [0.3, 0.4) is 0 Å². The third-order valence-corrected chi connectivity index (χ3v) is 4.45. The van der Waals surface area contributed by atoms with Crippen LogP contribution in [0.5, 0.6) is 0 Å². The lowest BCUT2D eigenvalue weighted by molar-refractivity contribution is 0.455. The molecule has 110 valence electrons. The van der Waals surface area contributed by atoms with Gasteiger partial charge in [0.2, 0.25) is 0 Å². The van der Waals surface area contributed by atoms with Gasteiger partial charge in [0, 0.05) is 6.04 Å². The quantitative estimate of drug-likeness (QED) is 0.839. The van der Waals surface area contributed by atoms with Crippen molar-refractivity contribution in [3.8, 4) is 0 Å². The first-order chi connectivity index (χ1) is 10.3. The van der Waals surface area contributed by atoms with Crippen molar-refractivity contribution in [3.63, 3.8) is 0 Å². The van der Waals surface area contributed by atoms with Crippen LogP contribution in [0.25, 0.3) is 0 Å². The Morgan fingerprint density at radius 1 is 1.10 bits per heavy atom. The van der Waals surface area contributed by atoms with Crippen molar-refractivity contribution in [3.05, 3.63) is 71.5 Å². The van der Waals surface area contributed by atoms with E-state index in [1.165, 1.54) is 12.0 Å². The van der Waals surface area contributed by atoms with E-state index in [0.717, 1.165) is 18.5 Å². The second kappa shape index (κ2) is 6.40. The van der Waals surface area contributed by atoms with Crippen LogP contribution in [0.4, 0.5) is 4.39 Å². The fraction of sp³-hybridized carbons (Fsp3) is 0.368. The van der Waals surface area contributed by atoms with Crippen LogP contribution in [0.15, 0.2) is 54.6 Å². The molecule has 1 aliphatic rings. The summed E-state index contributed by atoms with van der Waals surface area (Å²) in [6.07, 6.45) is 1.98. The van der Waals surface area contributed by atoms with Crippen molar-refractivity contribution in [2.75, 3.05) is 6.54 Å². The first-order valence-corrected chi connectivity index (χ1v) is 7.81. The predicted octanol–water partition coefficient (Wildman–Crippen LogP) is 4.15. The van der Waals surface area contributed by atoms with E-state index in [0.29, 0.717) is 17.9 Å². The molecule has 0 bridgehead atoms. The molecular formula is C19H22FN. The second-order valence-corrected chi connectivity index (χ2v) is 5.88. The molecule has 0 heterocycles. The van der Waals surface area contributed by atoms with Crippen LogP contribution in [0.2, 0.25) is 0 Å². The predicted molar refractivity (Wildman–Crippen MR) is 84.9 cm³/mol. The summed E-state index contributed by atoms with van der Waals surface area (Å²) in [5, 5.41) is 3.55. The van der Waals surface area contributed by atoms with Crippen LogP contribution in [-0.2, 0) is 6.42 Å². The summed E-state index contributed by atoms with van der Waals surface area (Å²) in [6.45, 7) is 3.05. The summed E-state index contributed by atoms with van der Waals surface area (Å²) >= 11 is 0. The summed E-state index contributed by atoms with van der Waals surface area (Å²) in [4.78, 5) is 0. The summed E-state index contributed by atoms with van der Waals surface area (Å²) < 4.78 is 13.9. The molecule has 1 nitrogen and oxygen atoms in total. The van der Waals surface area contributed by atoms with Gasteiger partial charge in [-0.15, -0.1) is 0 Å². The standard InChI is InChI=1S/C19H22FN/c1-2-21-19(12-15-10-6-7-11-18(15)20)17-13-16(17)14-8-4-3-5-9-14/h3-11,16-17,19,21H,2,12-13H2,1H3. The highest BCUT2D eigenvalue weighted by Crippen LogP contribution is 2.50. The van der Waals surface area contributed by atoms with Gasteiger partial charge in [-0.05, 0) is 48.4 Å². The number of benzene rings is 2. The molecule has 0 aromatic heterocycles. The molecule has 0 spiro atoms. The molecule has 2 aromatic carbocycles. The van der Waals surface area contributed by atoms with Crippen LogP contribution in [0.1, 0.15) is 30.4 Å². The Balaban J connectivity index is 1.70. The first-order valence-electron chi connectivity index (χ1n) is 7.81. The molecule has 0 aliphatic heterocycles. The Morgan fingerprint density at radius 2 is 1.81 bits per heavy atom. The maximum Gasteiger partial charge on any atom is 0.126 e. The summed E-state index contributed by atoms with van der Waals surface area (Å²) in [5.41, 5.74) is 2.24. The molecule has 2 heteroatoms. The van der Waals surface area contributed by atoms with E-state index >= 15 is 0 Å². The summed E-state index contributed by atoms with van der Waals surface area (Å²) in [5.74, 6) is 1.16. The minimum atomic E-state index is -0.0858. The van der Waals surface area contributed by atoms with E-state index in [1.54, 1.807) is 12.1 Å². The molecular weight excluding hydrogens is 261 g/mol. The SMILES string of the molecule is CCNC(Cc1ccccc1F)C1CC1c1ccccc1. The molecule has 3 atom stereocenters. The topological polar surface area (TPSA) is 12.0 Å². The average Bonchev–Trinajstić information content (AvgIpc) is 3.30. The van der Waals surface area contributed by atoms with Crippen molar-refractivity contribution >= 4 is 0 Å². The van der Waals surface area contributed by atoms with Crippen molar-refractivity contribution in [1.82, 2.24) is 5.32 Å². The van der Waals surface area contributed by atoms with Crippen molar-refractivity contribution in [2.45, 2.75) is 31.7 Å². The van der Waals surface area contributed by atoms with Gasteiger partial charge in [-0.25, -0.2) is 4.39 Å². The van der Waals surface area contributed by atoms with Crippen LogP contribution < -0.4 is 5.32 Å². The van der Waals surface area contributed by atoms with Gasteiger partial charge >= 0.3 is 0 Å². The Labute approximate surface area is 126 Å². The Kier molecular flexibility index (Phi) is 4.35. The molecule has 1 N–H and O–H groups in total. The third-order valence-electron chi connectivity index (χ3n) is 4.45. The average molecular weight is 283 g/mol. The van der Waals surface area contributed by atoms with E-state index in [9.17, 15) is 4.39 Å². The van der Waals surface area contributed by atoms with Crippen molar-refractivity contribution < 1.29 is 4.39 Å². The van der Waals surface area contributed by atoms with Gasteiger partial charge in [-0.3, -0.25) is 0 Å². The Hall–Kier alpha value is -1.67. The van der Waals surface area contributed by atoms with Crippen molar-refractivity contribution in [1.29, 1.82) is 0 Å². The van der Waals surface area contributed by atoms with Crippen LogP contribution >= 0.6 is 0 Å². The first kappa shape index (κ1) is 14.3. The van der Waals surface area contributed by atoms with E-state index in [4.69, 9.17) is 0 Å². The molecule has 21 heavy (non-hydrogen) atoms. The highest BCUT2D eigenvalue weighted by Gasteiger charge is 2.43. The lowest BCUT2D eigenvalue weighted by Gasteiger charge is -2.18. The molecule has 3 unspecified atom stereocenters. The zero-order valence-electron chi connectivity index (χ0n) is 12.4. The lowest BCUT2D eigenvalue weighted by atomic mass is 9.98. The monoisotopic (exact) mass is 283 g/mol. The minimum Gasteiger partial charge on any atom is -0.314 e. The number of hydrogen-bond donors (Lipinski definition) is 1. The zero-order valence-corrected chi connectivity index (χ0v) is 12.4. The van der Waals surface area contributed by atoms with E-state index in [1.807, 2.05) is 12.1 Å². The smallest absolute Gasteiger partial charge is 0.126 e. The molecule has 0 radical (unpaired) electrons. The number of nitrogens with one attached hydrogen (secondary N) is 1. The molecule has 0 amide bonds. The van der Waals surface area contributed by atoms with Gasteiger partial charge in [-0.1, -0.05) is 55.5 Å². The van der Waals surface area contributed by atoms with Crippen LogP contribution in [-0.4, -0.2) is 12.6 Å². The fourth-order valence-corrected chi connectivity index (χ4v) is 3.28. The highest BCUT2D eigenvalue weighted by molar-refractivity contribution is 5.28. The maximum atomic E-state index is 13.9. The third kappa shape index (κ3) is 3.33. The van der Waals surface area contributed by atoms with Gasteiger partial charge in [-0.2, -0.15) is 0 Å². The van der Waals surface area contributed by atoms with Gasteiger partial charge in [0.05, 0.1) is 0 Å².